The van der Waals surface area contributed by atoms with Gasteiger partial charge in [-0.15, -0.1) is 11.3 Å². The fourth-order valence-electron chi connectivity index (χ4n) is 3.40. The highest BCUT2D eigenvalue weighted by Crippen LogP contribution is 2.26. The summed E-state index contributed by atoms with van der Waals surface area (Å²) in [6.07, 6.45) is 0.890. The third-order valence-corrected chi connectivity index (χ3v) is 5.82. The van der Waals surface area contributed by atoms with Crippen molar-refractivity contribution >= 4 is 17.2 Å². The minimum absolute atomic E-state index is 0.0422. The van der Waals surface area contributed by atoms with Crippen LogP contribution in [0.3, 0.4) is 0 Å². The lowest BCUT2D eigenvalue weighted by Crippen LogP contribution is -2.35. The first-order valence-corrected chi connectivity index (χ1v) is 10.3. The Labute approximate surface area is 167 Å². The topological polar surface area (TPSA) is 49.6 Å². The number of thiophene rings is 1. The summed E-state index contributed by atoms with van der Waals surface area (Å²) < 4.78 is 18.9. The number of oxazole rings is 1. The van der Waals surface area contributed by atoms with E-state index in [9.17, 15) is 9.18 Å². The normalized spacial score (nSPS) is 15.6. The Morgan fingerprint density at radius 3 is 2.75 bits per heavy atom. The Morgan fingerprint density at radius 2 is 2.00 bits per heavy atom. The van der Waals surface area contributed by atoms with Crippen LogP contribution in [-0.4, -0.2) is 46.9 Å². The summed E-state index contributed by atoms with van der Waals surface area (Å²) in [4.78, 5) is 22.5. The first kappa shape index (κ1) is 18.8. The first-order chi connectivity index (χ1) is 13.6. The van der Waals surface area contributed by atoms with Crippen molar-refractivity contribution in [2.75, 3.05) is 26.2 Å². The number of rotatable bonds is 4. The number of carbonyl (C=O) groups excluding carboxylic acids is 1. The van der Waals surface area contributed by atoms with Crippen LogP contribution in [0.2, 0.25) is 0 Å². The smallest absolute Gasteiger partial charge is 0.253 e. The molecule has 146 valence electrons. The summed E-state index contributed by atoms with van der Waals surface area (Å²) in [5.41, 5.74) is 1.48. The van der Waals surface area contributed by atoms with Crippen LogP contribution in [0, 0.1) is 12.7 Å². The fraction of sp³-hybridized carbons (Fsp3) is 0.333. The predicted molar refractivity (Wildman–Crippen MR) is 107 cm³/mol. The maximum absolute atomic E-state index is 13.1. The lowest BCUT2D eigenvalue weighted by atomic mass is 10.2. The molecular weight excluding hydrogens is 377 g/mol. The fourth-order valence-corrected chi connectivity index (χ4v) is 4.05. The van der Waals surface area contributed by atoms with E-state index in [4.69, 9.17) is 4.42 Å². The Morgan fingerprint density at radius 1 is 1.18 bits per heavy atom. The molecule has 28 heavy (non-hydrogen) atoms. The molecular formula is C21H22FN3O2S. The Hall–Kier alpha value is -2.51. The second-order valence-corrected chi connectivity index (χ2v) is 7.88. The summed E-state index contributed by atoms with van der Waals surface area (Å²) in [7, 11) is 0. The Bertz CT molecular complexity index is 937. The van der Waals surface area contributed by atoms with Crippen molar-refractivity contribution in [3.05, 3.63) is 64.6 Å². The number of nitrogens with zero attached hydrogens (tertiary/aromatic N) is 3. The quantitative estimate of drug-likeness (QED) is 0.660. The SMILES string of the molecule is Cc1oc(-c2cccs2)nc1CN1CCCN(C(=O)c2ccc(F)cc2)CC1. The highest BCUT2D eigenvalue weighted by Gasteiger charge is 2.22. The van der Waals surface area contributed by atoms with Crippen molar-refractivity contribution in [3.8, 4) is 10.8 Å². The molecule has 1 saturated heterocycles. The summed E-state index contributed by atoms with van der Waals surface area (Å²) in [6.45, 7) is 5.66. The molecule has 0 aliphatic carbocycles. The van der Waals surface area contributed by atoms with Gasteiger partial charge in [0, 0.05) is 38.3 Å². The molecule has 4 rings (SSSR count). The molecule has 7 heteroatoms. The molecule has 3 heterocycles. The van der Waals surface area contributed by atoms with Gasteiger partial charge in [-0.1, -0.05) is 6.07 Å². The zero-order chi connectivity index (χ0) is 19.5. The molecule has 0 saturated carbocycles. The van der Waals surface area contributed by atoms with Crippen LogP contribution in [0.5, 0.6) is 0 Å². The zero-order valence-corrected chi connectivity index (χ0v) is 16.5. The lowest BCUT2D eigenvalue weighted by Gasteiger charge is -2.21. The molecule has 1 aliphatic rings. The van der Waals surface area contributed by atoms with Crippen molar-refractivity contribution in [1.29, 1.82) is 0 Å². The molecule has 0 N–H and O–H groups in total. The molecule has 0 spiro atoms. The van der Waals surface area contributed by atoms with Crippen molar-refractivity contribution in [2.24, 2.45) is 0 Å². The average molecular weight is 399 g/mol. The van der Waals surface area contributed by atoms with Crippen LogP contribution in [0.15, 0.2) is 46.2 Å². The summed E-state index contributed by atoms with van der Waals surface area (Å²) >= 11 is 1.61. The lowest BCUT2D eigenvalue weighted by molar-refractivity contribution is 0.0761. The van der Waals surface area contributed by atoms with E-state index in [2.05, 4.69) is 9.88 Å². The number of aromatic nitrogens is 1. The molecule has 1 amide bonds. The van der Waals surface area contributed by atoms with Crippen LogP contribution in [0.1, 0.15) is 28.2 Å². The maximum atomic E-state index is 13.1. The van der Waals surface area contributed by atoms with Crippen LogP contribution in [0.25, 0.3) is 10.8 Å². The Balaban J connectivity index is 1.39. The highest BCUT2D eigenvalue weighted by molar-refractivity contribution is 7.13. The standard InChI is InChI=1S/C21H22FN3O2S/c1-15-18(23-20(27-15)19-4-2-13-28-19)14-24-9-3-10-25(12-11-24)21(26)16-5-7-17(22)8-6-16/h2,4-8,13H,3,9-12,14H2,1H3. The highest BCUT2D eigenvalue weighted by atomic mass is 32.1. The van der Waals surface area contributed by atoms with E-state index in [1.54, 1.807) is 23.5 Å². The minimum atomic E-state index is -0.330. The number of carbonyl (C=O) groups is 1. The van der Waals surface area contributed by atoms with Crippen LogP contribution in [-0.2, 0) is 6.54 Å². The van der Waals surface area contributed by atoms with Gasteiger partial charge in [-0.2, -0.15) is 0 Å². The number of amides is 1. The number of hydrogen-bond donors (Lipinski definition) is 0. The van der Waals surface area contributed by atoms with E-state index < -0.39 is 0 Å². The summed E-state index contributed by atoms with van der Waals surface area (Å²) in [6, 6.07) is 9.74. The van der Waals surface area contributed by atoms with E-state index in [1.807, 2.05) is 29.3 Å². The Kier molecular flexibility index (Phi) is 5.54. The van der Waals surface area contributed by atoms with Gasteiger partial charge in [-0.25, -0.2) is 9.37 Å². The van der Waals surface area contributed by atoms with E-state index >= 15 is 0 Å². The third kappa shape index (κ3) is 4.15. The monoisotopic (exact) mass is 399 g/mol. The van der Waals surface area contributed by atoms with E-state index in [0.29, 0.717) is 31.1 Å². The molecule has 5 nitrogen and oxygen atoms in total. The van der Waals surface area contributed by atoms with Gasteiger partial charge in [-0.3, -0.25) is 9.69 Å². The average Bonchev–Trinajstić information content (AvgIpc) is 3.28. The number of hydrogen-bond acceptors (Lipinski definition) is 5. The van der Waals surface area contributed by atoms with Gasteiger partial charge in [0.25, 0.3) is 5.91 Å². The second kappa shape index (κ2) is 8.24. The number of benzene rings is 1. The van der Waals surface area contributed by atoms with Crippen molar-refractivity contribution in [1.82, 2.24) is 14.8 Å². The molecule has 2 aromatic heterocycles. The molecule has 0 bridgehead atoms. The molecule has 0 unspecified atom stereocenters. The van der Waals surface area contributed by atoms with Gasteiger partial charge in [0.2, 0.25) is 5.89 Å². The van der Waals surface area contributed by atoms with E-state index in [-0.39, 0.29) is 11.7 Å². The van der Waals surface area contributed by atoms with Gasteiger partial charge < -0.3 is 9.32 Å². The summed E-state index contributed by atoms with van der Waals surface area (Å²) in [5.74, 6) is 1.14. The molecule has 1 aromatic carbocycles. The third-order valence-electron chi connectivity index (χ3n) is 4.96. The molecule has 0 radical (unpaired) electrons. The minimum Gasteiger partial charge on any atom is -0.440 e. The number of halogens is 1. The predicted octanol–water partition coefficient (Wildman–Crippen LogP) is 4.20. The van der Waals surface area contributed by atoms with Crippen LogP contribution < -0.4 is 0 Å². The van der Waals surface area contributed by atoms with Gasteiger partial charge in [-0.05, 0) is 49.1 Å². The first-order valence-electron chi connectivity index (χ1n) is 9.37. The maximum Gasteiger partial charge on any atom is 0.253 e. The summed E-state index contributed by atoms with van der Waals surface area (Å²) in [5, 5.41) is 2.01. The zero-order valence-electron chi connectivity index (χ0n) is 15.7. The number of aryl methyl sites for hydroxylation is 1. The van der Waals surface area contributed by atoms with Crippen LogP contribution in [0.4, 0.5) is 4.39 Å². The van der Waals surface area contributed by atoms with Gasteiger partial charge in [0.05, 0.1) is 10.6 Å². The molecule has 0 atom stereocenters. The molecule has 1 aliphatic heterocycles. The molecule has 1 fully saturated rings. The van der Waals surface area contributed by atoms with Crippen molar-refractivity contribution < 1.29 is 13.6 Å². The van der Waals surface area contributed by atoms with Gasteiger partial charge in [0.15, 0.2) is 0 Å². The van der Waals surface area contributed by atoms with Crippen LogP contribution >= 0.6 is 11.3 Å². The van der Waals surface area contributed by atoms with E-state index in [1.165, 1.54) is 12.1 Å². The van der Waals surface area contributed by atoms with E-state index in [0.717, 1.165) is 35.8 Å². The van der Waals surface area contributed by atoms with Gasteiger partial charge in [0.1, 0.15) is 11.6 Å². The van der Waals surface area contributed by atoms with Gasteiger partial charge >= 0.3 is 0 Å². The van der Waals surface area contributed by atoms with Crippen molar-refractivity contribution in [3.63, 3.8) is 0 Å². The second-order valence-electron chi connectivity index (χ2n) is 6.93. The largest absolute Gasteiger partial charge is 0.440 e. The van der Waals surface area contributed by atoms with Crippen molar-refractivity contribution in [2.45, 2.75) is 19.9 Å². The molecule has 3 aromatic rings.